The van der Waals surface area contributed by atoms with E-state index < -0.39 is 0 Å². The van der Waals surface area contributed by atoms with Gasteiger partial charge in [0.05, 0.1) is 32.6 Å². The summed E-state index contributed by atoms with van der Waals surface area (Å²) in [7, 11) is 1.45. The van der Waals surface area contributed by atoms with Crippen molar-refractivity contribution in [3.8, 4) is 5.88 Å². The van der Waals surface area contributed by atoms with Crippen molar-refractivity contribution < 1.29 is 19.1 Å². The highest BCUT2D eigenvalue weighted by Crippen LogP contribution is 2.30. The molecule has 3 rings (SSSR count). The molecule has 7 nitrogen and oxygen atoms in total. The van der Waals surface area contributed by atoms with Gasteiger partial charge >= 0.3 is 0 Å². The highest BCUT2D eigenvalue weighted by Gasteiger charge is 2.40. The molecule has 3 heterocycles. The average Bonchev–Trinajstić information content (AvgIpc) is 2.72. The van der Waals surface area contributed by atoms with Crippen LogP contribution < -0.4 is 4.74 Å². The minimum absolute atomic E-state index is 0.216. The molecular formula is C14H17N3O4. The molecule has 1 fully saturated rings. The van der Waals surface area contributed by atoms with Gasteiger partial charge in [-0.1, -0.05) is 0 Å². The number of morpholine rings is 1. The lowest BCUT2D eigenvalue weighted by Crippen LogP contribution is -2.46. The van der Waals surface area contributed by atoms with Crippen LogP contribution in [0.1, 0.15) is 26.4 Å². The van der Waals surface area contributed by atoms with E-state index in [2.05, 4.69) is 4.98 Å². The molecule has 1 aromatic rings. The summed E-state index contributed by atoms with van der Waals surface area (Å²) in [6.07, 6.45) is 0. The number of amides is 2. The molecule has 0 unspecified atom stereocenters. The third kappa shape index (κ3) is 2.38. The Balaban J connectivity index is 1.89. The molecule has 0 atom stereocenters. The van der Waals surface area contributed by atoms with Gasteiger partial charge in [0.25, 0.3) is 11.8 Å². The van der Waals surface area contributed by atoms with Gasteiger partial charge in [0.2, 0.25) is 5.88 Å². The van der Waals surface area contributed by atoms with Gasteiger partial charge < -0.3 is 9.47 Å². The number of carbonyl (C=O) groups excluding carboxylic acids is 2. The van der Waals surface area contributed by atoms with Gasteiger partial charge in [-0.3, -0.25) is 19.4 Å². The molecule has 0 saturated carbocycles. The SMILES string of the molecule is COc1nc(C)cc2c1C(=O)N(CN1CCOCC1)C2=O. The summed E-state index contributed by atoms with van der Waals surface area (Å²) in [6, 6.07) is 1.64. The van der Waals surface area contributed by atoms with E-state index in [-0.39, 0.29) is 29.9 Å². The topological polar surface area (TPSA) is 72.0 Å². The van der Waals surface area contributed by atoms with Gasteiger partial charge in [0.1, 0.15) is 5.56 Å². The standard InChI is InChI=1S/C14H17N3O4/c1-9-7-10-11(12(15-9)20-2)14(19)17(13(10)18)8-16-3-5-21-6-4-16/h7H,3-6,8H2,1-2H3. The predicted octanol–water partition coefficient (Wildman–Crippen LogP) is 0.284. The summed E-state index contributed by atoms with van der Waals surface area (Å²) in [6.45, 7) is 4.70. The van der Waals surface area contributed by atoms with E-state index in [4.69, 9.17) is 9.47 Å². The van der Waals surface area contributed by atoms with Crippen molar-refractivity contribution in [1.82, 2.24) is 14.8 Å². The Bertz CT molecular complexity index is 596. The highest BCUT2D eigenvalue weighted by atomic mass is 16.5. The average molecular weight is 291 g/mol. The molecule has 0 spiro atoms. The Morgan fingerprint density at radius 3 is 2.67 bits per heavy atom. The Morgan fingerprint density at radius 1 is 1.29 bits per heavy atom. The van der Waals surface area contributed by atoms with Crippen molar-refractivity contribution in [1.29, 1.82) is 0 Å². The largest absolute Gasteiger partial charge is 0.480 e. The van der Waals surface area contributed by atoms with Gasteiger partial charge in [0.15, 0.2) is 0 Å². The molecule has 2 aliphatic rings. The van der Waals surface area contributed by atoms with Gasteiger partial charge in [-0.15, -0.1) is 0 Å². The lowest BCUT2D eigenvalue weighted by atomic mass is 10.1. The Morgan fingerprint density at radius 2 is 2.00 bits per heavy atom. The molecule has 2 amide bonds. The Hall–Kier alpha value is -1.99. The number of ether oxygens (including phenoxy) is 2. The third-order valence-electron chi connectivity index (χ3n) is 3.69. The first kappa shape index (κ1) is 14.0. The minimum Gasteiger partial charge on any atom is -0.480 e. The molecule has 0 bridgehead atoms. The van der Waals surface area contributed by atoms with Crippen LogP contribution >= 0.6 is 0 Å². The lowest BCUT2D eigenvalue weighted by Gasteiger charge is -2.29. The number of rotatable bonds is 3. The number of nitrogens with zero attached hydrogens (tertiary/aromatic N) is 3. The van der Waals surface area contributed by atoms with Crippen LogP contribution in [0.3, 0.4) is 0 Å². The van der Waals surface area contributed by atoms with Crippen LogP contribution in [0, 0.1) is 6.92 Å². The fourth-order valence-electron chi connectivity index (χ4n) is 2.61. The van der Waals surface area contributed by atoms with Crippen molar-refractivity contribution in [3.63, 3.8) is 0 Å². The van der Waals surface area contributed by atoms with E-state index >= 15 is 0 Å². The predicted molar refractivity (Wildman–Crippen MR) is 73.3 cm³/mol. The van der Waals surface area contributed by atoms with E-state index in [1.165, 1.54) is 12.0 Å². The summed E-state index contributed by atoms with van der Waals surface area (Å²) in [5.41, 5.74) is 1.29. The maximum absolute atomic E-state index is 12.5. The van der Waals surface area contributed by atoms with E-state index in [9.17, 15) is 9.59 Å². The maximum Gasteiger partial charge on any atom is 0.268 e. The molecule has 7 heteroatoms. The van der Waals surface area contributed by atoms with E-state index in [0.717, 1.165) is 0 Å². The number of hydrogen-bond donors (Lipinski definition) is 0. The summed E-state index contributed by atoms with van der Waals surface area (Å²) in [5.74, 6) is -0.413. The maximum atomic E-state index is 12.5. The zero-order valence-corrected chi connectivity index (χ0v) is 12.1. The van der Waals surface area contributed by atoms with Gasteiger partial charge in [-0.2, -0.15) is 0 Å². The quantitative estimate of drug-likeness (QED) is 0.745. The molecular weight excluding hydrogens is 274 g/mol. The van der Waals surface area contributed by atoms with E-state index in [0.29, 0.717) is 37.6 Å². The van der Waals surface area contributed by atoms with Crippen LogP contribution in [0.4, 0.5) is 0 Å². The number of methoxy groups -OCH3 is 1. The van der Waals surface area contributed by atoms with Gasteiger partial charge in [-0.25, -0.2) is 4.98 Å². The molecule has 2 aliphatic heterocycles. The number of carbonyl (C=O) groups is 2. The Kier molecular flexibility index (Phi) is 3.60. The monoisotopic (exact) mass is 291 g/mol. The van der Waals surface area contributed by atoms with Crippen LogP contribution in [-0.4, -0.2) is 66.7 Å². The highest BCUT2D eigenvalue weighted by molar-refractivity contribution is 6.22. The summed E-state index contributed by atoms with van der Waals surface area (Å²) >= 11 is 0. The normalized spacial score (nSPS) is 19.0. The van der Waals surface area contributed by atoms with Crippen molar-refractivity contribution in [2.24, 2.45) is 0 Å². The van der Waals surface area contributed by atoms with Crippen LogP contribution in [0.5, 0.6) is 5.88 Å². The smallest absolute Gasteiger partial charge is 0.268 e. The van der Waals surface area contributed by atoms with Crippen molar-refractivity contribution in [2.75, 3.05) is 40.1 Å². The summed E-state index contributed by atoms with van der Waals surface area (Å²) in [5, 5.41) is 0. The lowest BCUT2D eigenvalue weighted by molar-refractivity contribution is 0.0124. The van der Waals surface area contributed by atoms with Crippen molar-refractivity contribution in [3.05, 3.63) is 22.9 Å². The number of aromatic nitrogens is 1. The van der Waals surface area contributed by atoms with Gasteiger partial charge in [-0.05, 0) is 13.0 Å². The van der Waals surface area contributed by atoms with Crippen LogP contribution in [-0.2, 0) is 4.74 Å². The first-order valence-electron chi connectivity index (χ1n) is 6.83. The first-order chi connectivity index (χ1) is 10.1. The first-order valence-corrected chi connectivity index (χ1v) is 6.83. The fourth-order valence-corrected chi connectivity index (χ4v) is 2.61. The molecule has 1 aromatic heterocycles. The molecule has 21 heavy (non-hydrogen) atoms. The van der Waals surface area contributed by atoms with Crippen LogP contribution in [0.25, 0.3) is 0 Å². The minimum atomic E-state index is -0.342. The fraction of sp³-hybridized carbons (Fsp3) is 0.500. The summed E-state index contributed by atoms with van der Waals surface area (Å²) < 4.78 is 10.4. The third-order valence-corrected chi connectivity index (χ3v) is 3.69. The number of pyridine rings is 1. The molecule has 0 N–H and O–H groups in total. The Labute approximate surface area is 122 Å². The second-order valence-electron chi connectivity index (χ2n) is 5.11. The number of fused-ring (bicyclic) bond motifs is 1. The second kappa shape index (κ2) is 5.42. The molecule has 1 saturated heterocycles. The molecule has 0 aromatic carbocycles. The second-order valence-corrected chi connectivity index (χ2v) is 5.11. The molecule has 0 aliphatic carbocycles. The van der Waals surface area contributed by atoms with Crippen molar-refractivity contribution in [2.45, 2.75) is 6.92 Å². The summed E-state index contributed by atoms with van der Waals surface area (Å²) in [4.78, 5) is 32.4. The molecule has 0 radical (unpaired) electrons. The van der Waals surface area contributed by atoms with E-state index in [1.54, 1.807) is 13.0 Å². The zero-order chi connectivity index (χ0) is 15.0. The molecule has 112 valence electrons. The van der Waals surface area contributed by atoms with Crippen molar-refractivity contribution >= 4 is 11.8 Å². The van der Waals surface area contributed by atoms with E-state index in [1.807, 2.05) is 4.90 Å². The van der Waals surface area contributed by atoms with Crippen LogP contribution in [0.2, 0.25) is 0 Å². The zero-order valence-electron chi connectivity index (χ0n) is 12.1. The van der Waals surface area contributed by atoms with Crippen LogP contribution in [0.15, 0.2) is 6.07 Å². The van der Waals surface area contributed by atoms with Gasteiger partial charge in [0, 0.05) is 18.8 Å². The number of aryl methyl sites for hydroxylation is 1. The number of hydrogen-bond acceptors (Lipinski definition) is 6. The number of imide groups is 1.